The van der Waals surface area contributed by atoms with Crippen molar-refractivity contribution in [2.45, 2.75) is 24.8 Å². The summed E-state index contributed by atoms with van der Waals surface area (Å²) in [7, 11) is 0. The summed E-state index contributed by atoms with van der Waals surface area (Å²) in [5, 5.41) is 15.1. The van der Waals surface area contributed by atoms with E-state index < -0.39 is 0 Å². The van der Waals surface area contributed by atoms with Gasteiger partial charge in [0, 0.05) is 16.6 Å². The fourth-order valence-corrected chi connectivity index (χ4v) is 3.55. The van der Waals surface area contributed by atoms with Crippen molar-refractivity contribution in [2.24, 2.45) is 4.99 Å². The molecule has 2 N–H and O–H groups in total. The Morgan fingerprint density at radius 1 is 1.41 bits per heavy atom. The molecule has 92 valence electrons. The van der Waals surface area contributed by atoms with Gasteiger partial charge in [-0.1, -0.05) is 39.8 Å². The van der Waals surface area contributed by atoms with Gasteiger partial charge in [-0.05, 0) is 24.6 Å². The number of aliphatic imine (C=N–C) groups is 1. The van der Waals surface area contributed by atoms with Crippen LogP contribution in [-0.2, 0) is 6.54 Å². The maximum Gasteiger partial charge on any atom is 0.157 e. The van der Waals surface area contributed by atoms with Crippen LogP contribution >= 0.6 is 27.7 Å². The Morgan fingerprint density at radius 3 is 2.71 bits per heavy atom. The van der Waals surface area contributed by atoms with E-state index in [4.69, 9.17) is 0 Å². The largest absolute Gasteiger partial charge is 0.508 e. The number of phenols is 1. The molecule has 1 aliphatic heterocycles. The van der Waals surface area contributed by atoms with Crippen LogP contribution in [0.15, 0.2) is 29.3 Å². The highest BCUT2D eigenvalue weighted by Crippen LogP contribution is 2.25. The normalized spacial score (nSPS) is 26.1. The number of halogens is 1. The molecule has 2 atom stereocenters. The van der Waals surface area contributed by atoms with Crippen molar-refractivity contribution < 1.29 is 5.11 Å². The van der Waals surface area contributed by atoms with Crippen LogP contribution in [0.25, 0.3) is 0 Å². The summed E-state index contributed by atoms with van der Waals surface area (Å²) in [6, 6.07) is 7.62. The summed E-state index contributed by atoms with van der Waals surface area (Å²) < 4.78 is 0. The molecule has 0 saturated carbocycles. The fourth-order valence-electron chi connectivity index (χ4n) is 1.58. The van der Waals surface area contributed by atoms with Gasteiger partial charge in [0.15, 0.2) is 5.17 Å². The standard InChI is InChI=1S/C12H15BrN2OS/c1-8-11(6-13)17-12(15-8)14-7-9-2-4-10(16)5-3-9/h2-5,8,11,16H,6-7H2,1H3,(H,14,15). The molecule has 1 fully saturated rings. The zero-order valence-corrected chi connectivity index (χ0v) is 12.0. The van der Waals surface area contributed by atoms with Gasteiger partial charge < -0.3 is 10.4 Å². The second kappa shape index (κ2) is 5.78. The summed E-state index contributed by atoms with van der Waals surface area (Å²) in [6.07, 6.45) is 0. The van der Waals surface area contributed by atoms with E-state index in [-0.39, 0.29) is 0 Å². The highest BCUT2D eigenvalue weighted by molar-refractivity contribution is 9.09. The van der Waals surface area contributed by atoms with E-state index >= 15 is 0 Å². The molecule has 0 amide bonds. The molecule has 1 aromatic rings. The number of nitrogens with zero attached hydrogens (tertiary/aromatic N) is 1. The first-order valence-electron chi connectivity index (χ1n) is 5.50. The van der Waals surface area contributed by atoms with Crippen LogP contribution in [0.3, 0.4) is 0 Å². The fraction of sp³-hybridized carbons (Fsp3) is 0.417. The minimum atomic E-state index is 0.294. The number of benzene rings is 1. The Kier molecular flexibility index (Phi) is 4.34. The zero-order valence-electron chi connectivity index (χ0n) is 9.56. The van der Waals surface area contributed by atoms with Gasteiger partial charge in [0.25, 0.3) is 0 Å². The van der Waals surface area contributed by atoms with Crippen LogP contribution in [0.5, 0.6) is 5.75 Å². The molecule has 0 aromatic heterocycles. The molecule has 5 heteroatoms. The Labute approximate surface area is 114 Å². The zero-order chi connectivity index (χ0) is 12.3. The van der Waals surface area contributed by atoms with E-state index in [0.717, 1.165) is 16.1 Å². The van der Waals surface area contributed by atoms with E-state index in [9.17, 15) is 5.11 Å². The molecular weight excluding hydrogens is 300 g/mol. The number of amidine groups is 1. The molecule has 2 unspecified atom stereocenters. The minimum absolute atomic E-state index is 0.294. The second-order valence-electron chi connectivity index (χ2n) is 4.03. The van der Waals surface area contributed by atoms with E-state index in [1.165, 1.54) is 0 Å². The smallest absolute Gasteiger partial charge is 0.157 e. The molecule has 1 aromatic carbocycles. The number of phenolic OH excluding ortho intramolecular Hbond substituents is 1. The van der Waals surface area contributed by atoms with E-state index in [0.29, 0.717) is 23.6 Å². The van der Waals surface area contributed by atoms with Gasteiger partial charge in [-0.3, -0.25) is 4.99 Å². The first kappa shape index (κ1) is 12.8. The highest BCUT2D eigenvalue weighted by Gasteiger charge is 2.27. The third kappa shape index (κ3) is 3.39. The highest BCUT2D eigenvalue weighted by atomic mass is 79.9. The number of rotatable bonds is 3. The quantitative estimate of drug-likeness (QED) is 0.843. The lowest BCUT2D eigenvalue weighted by molar-refractivity contribution is 0.475. The first-order valence-corrected chi connectivity index (χ1v) is 7.50. The first-order chi connectivity index (χ1) is 8.19. The van der Waals surface area contributed by atoms with Crippen molar-refractivity contribution in [1.29, 1.82) is 0 Å². The lowest BCUT2D eigenvalue weighted by atomic mass is 10.2. The minimum Gasteiger partial charge on any atom is -0.508 e. The number of thioether (sulfide) groups is 1. The molecule has 1 aliphatic rings. The second-order valence-corrected chi connectivity index (χ2v) is 5.91. The van der Waals surface area contributed by atoms with Crippen molar-refractivity contribution in [3.05, 3.63) is 29.8 Å². The van der Waals surface area contributed by atoms with Crippen LogP contribution in [-0.4, -0.2) is 26.9 Å². The topological polar surface area (TPSA) is 44.6 Å². The van der Waals surface area contributed by atoms with Crippen molar-refractivity contribution in [3.63, 3.8) is 0 Å². The number of hydrogen-bond acceptors (Lipinski definition) is 3. The Balaban J connectivity index is 1.95. The van der Waals surface area contributed by atoms with Gasteiger partial charge in [0.1, 0.15) is 5.75 Å². The van der Waals surface area contributed by atoms with Crippen LogP contribution in [0.2, 0.25) is 0 Å². The molecule has 17 heavy (non-hydrogen) atoms. The number of alkyl halides is 1. The lowest BCUT2D eigenvalue weighted by Crippen LogP contribution is -2.28. The molecule has 0 aliphatic carbocycles. The summed E-state index contributed by atoms with van der Waals surface area (Å²) in [6.45, 7) is 2.82. The van der Waals surface area contributed by atoms with Gasteiger partial charge in [-0.2, -0.15) is 0 Å². The van der Waals surface area contributed by atoms with Crippen molar-refractivity contribution in [1.82, 2.24) is 5.32 Å². The summed E-state index contributed by atoms with van der Waals surface area (Å²) in [5.74, 6) is 0.294. The Bertz CT molecular complexity index is 407. The maximum absolute atomic E-state index is 9.18. The maximum atomic E-state index is 9.18. The van der Waals surface area contributed by atoms with Gasteiger partial charge >= 0.3 is 0 Å². The monoisotopic (exact) mass is 314 g/mol. The van der Waals surface area contributed by atoms with E-state index in [1.54, 1.807) is 23.9 Å². The summed E-state index contributed by atoms with van der Waals surface area (Å²) >= 11 is 5.29. The predicted molar refractivity (Wildman–Crippen MR) is 77.0 cm³/mol. The van der Waals surface area contributed by atoms with Crippen LogP contribution < -0.4 is 5.32 Å². The number of hydrogen-bond donors (Lipinski definition) is 2. The molecule has 0 bridgehead atoms. The van der Waals surface area contributed by atoms with Crippen LogP contribution in [0.1, 0.15) is 12.5 Å². The summed E-state index contributed by atoms with van der Waals surface area (Å²) in [4.78, 5) is 4.54. The Hall–Kier alpha value is -0.680. The van der Waals surface area contributed by atoms with E-state index in [1.807, 2.05) is 12.1 Å². The molecular formula is C12H15BrN2OS. The average Bonchev–Trinajstić information content (AvgIpc) is 2.69. The van der Waals surface area contributed by atoms with Gasteiger partial charge in [-0.15, -0.1) is 0 Å². The SMILES string of the molecule is CC1NC(=NCc2ccc(O)cc2)SC1CBr. The average molecular weight is 315 g/mol. The molecule has 2 rings (SSSR count). The molecule has 0 spiro atoms. The van der Waals surface area contributed by atoms with Crippen molar-refractivity contribution in [3.8, 4) is 5.75 Å². The van der Waals surface area contributed by atoms with Gasteiger partial charge in [0.05, 0.1) is 6.54 Å². The van der Waals surface area contributed by atoms with Crippen LogP contribution in [0, 0.1) is 0 Å². The third-order valence-corrected chi connectivity index (χ3v) is 5.14. The summed E-state index contributed by atoms with van der Waals surface area (Å²) in [5.41, 5.74) is 1.10. The van der Waals surface area contributed by atoms with Gasteiger partial charge in [0.2, 0.25) is 0 Å². The van der Waals surface area contributed by atoms with E-state index in [2.05, 4.69) is 33.2 Å². The van der Waals surface area contributed by atoms with Gasteiger partial charge in [-0.25, -0.2) is 0 Å². The molecule has 1 saturated heterocycles. The third-order valence-electron chi connectivity index (χ3n) is 2.67. The Morgan fingerprint density at radius 2 is 2.12 bits per heavy atom. The number of nitrogens with one attached hydrogen (secondary N) is 1. The number of aromatic hydroxyl groups is 1. The molecule has 0 radical (unpaired) electrons. The van der Waals surface area contributed by atoms with Crippen molar-refractivity contribution >= 4 is 32.9 Å². The molecule has 1 heterocycles. The lowest BCUT2D eigenvalue weighted by Gasteiger charge is -2.07. The predicted octanol–water partition coefficient (Wildman–Crippen LogP) is 2.74. The van der Waals surface area contributed by atoms with Crippen LogP contribution in [0.4, 0.5) is 0 Å². The molecule has 3 nitrogen and oxygen atoms in total. The van der Waals surface area contributed by atoms with Crippen molar-refractivity contribution in [2.75, 3.05) is 5.33 Å².